The fraction of sp³-hybridized carbons (Fsp3) is 0.316. The van der Waals surface area contributed by atoms with E-state index in [9.17, 15) is 4.79 Å². The van der Waals surface area contributed by atoms with Crippen LogP contribution in [0, 0.1) is 0 Å². The molecule has 2 aromatic rings. The maximum absolute atomic E-state index is 11.9. The van der Waals surface area contributed by atoms with E-state index >= 15 is 0 Å². The Morgan fingerprint density at radius 1 is 1.04 bits per heavy atom. The van der Waals surface area contributed by atoms with Gasteiger partial charge in [0.2, 0.25) is 0 Å². The molecule has 0 aliphatic carbocycles. The van der Waals surface area contributed by atoms with Gasteiger partial charge in [0.25, 0.3) is 0 Å². The molecule has 0 unspecified atom stereocenters. The Kier molecular flexibility index (Phi) is 6.30. The van der Waals surface area contributed by atoms with E-state index in [0.717, 1.165) is 15.6 Å². The summed E-state index contributed by atoms with van der Waals surface area (Å²) in [6.07, 6.45) is 0.217. The number of hydrogen-bond donors (Lipinski definition) is 0. The zero-order chi connectivity index (χ0) is 17.5. The first-order valence-electron chi connectivity index (χ1n) is 8.07. The average molecular weight is 407 g/mol. The number of rotatable bonds is 7. The number of carbonyl (C=O) groups is 1. The largest absolute Gasteiger partial charge is 0.486 e. The third-order valence-electron chi connectivity index (χ3n) is 3.66. The predicted octanol–water partition coefficient (Wildman–Crippen LogP) is 3.87. The summed E-state index contributed by atoms with van der Waals surface area (Å²) in [6.45, 7) is 2.05. The molecular formula is C19H19BrO5. The third-order valence-corrected chi connectivity index (χ3v) is 4.40. The summed E-state index contributed by atoms with van der Waals surface area (Å²) in [6, 6.07) is 13.5. The lowest BCUT2D eigenvalue weighted by atomic mass is 10.2. The highest BCUT2D eigenvalue weighted by Crippen LogP contribution is 2.35. The van der Waals surface area contributed by atoms with E-state index in [1.165, 1.54) is 0 Å². The smallest absolute Gasteiger partial charge is 0.308 e. The highest BCUT2D eigenvalue weighted by molar-refractivity contribution is 9.10. The molecule has 0 bridgehead atoms. The van der Waals surface area contributed by atoms with E-state index in [4.69, 9.17) is 18.9 Å². The van der Waals surface area contributed by atoms with Crippen LogP contribution in [0.3, 0.4) is 0 Å². The topological polar surface area (TPSA) is 54.0 Å². The van der Waals surface area contributed by atoms with Crippen LogP contribution < -0.4 is 9.47 Å². The van der Waals surface area contributed by atoms with Gasteiger partial charge in [-0.3, -0.25) is 4.79 Å². The van der Waals surface area contributed by atoms with Gasteiger partial charge >= 0.3 is 5.97 Å². The average Bonchev–Trinajstić information content (AvgIpc) is 2.64. The quantitative estimate of drug-likeness (QED) is 0.515. The van der Waals surface area contributed by atoms with Crippen LogP contribution >= 0.6 is 15.9 Å². The molecule has 0 spiro atoms. The van der Waals surface area contributed by atoms with Crippen molar-refractivity contribution >= 4 is 21.9 Å². The normalized spacial score (nSPS) is 12.7. The lowest BCUT2D eigenvalue weighted by Crippen LogP contribution is -2.16. The molecule has 1 heterocycles. The van der Waals surface area contributed by atoms with Gasteiger partial charge in [0.05, 0.1) is 19.6 Å². The van der Waals surface area contributed by atoms with Crippen LogP contribution in [0.1, 0.15) is 17.5 Å². The van der Waals surface area contributed by atoms with Crippen molar-refractivity contribution in [3.8, 4) is 11.5 Å². The van der Waals surface area contributed by atoms with Crippen LogP contribution in [-0.4, -0.2) is 25.8 Å². The molecule has 1 aliphatic heterocycles. The van der Waals surface area contributed by atoms with E-state index in [2.05, 4.69) is 15.9 Å². The van der Waals surface area contributed by atoms with Crippen LogP contribution in [0.4, 0.5) is 0 Å². The van der Waals surface area contributed by atoms with Crippen LogP contribution in [0.15, 0.2) is 46.9 Å². The minimum Gasteiger partial charge on any atom is -0.486 e. The first kappa shape index (κ1) is 17.8. The fourth-order valence-electron chi connectivity index (χ4n) is 2.37. The molecule has 0 amide bonds. The molecular weight excluding hydrogens is 388 g/mol. The lowest BCUT2D eigenvalue weighted by Gasteiger charge is -2.19. The van der Waals surface area contributed by atoms with Gasteiger partial charge in [0, 0.05) is 10.0 Å². The van der Waals surface area contributed by atoms with Crippen LogP contribution in [-0.2, 0) is 27.5 Å². The van der Waals surface area contributed by atoms with E-state index in [1.54, 1.807) is 0 Å². The zero-order valence-electron chi connectivity index (χ0n) is 13.7. The Labute approximate surface area is 155 Å². The van der Waals surface area contributed by atoms with Crippen molar-refractivity contribution in [3.05, 3.63) is 58.1 Å². The monoisotopic (exact) mass is 406 g/mol. The highest BCUT2D eigenvalue weighted by Gasteiger charge is 2.15. The number of esters is 1. The highest BCUT2D eigenvalue weighted by atomic mass is 79.9. The van der Waals surface area contributed by atoms with Gasteiger partial charge in [-0.1, -0.05) is 46.3 Å². The van der Waals surface area contributed by atoms with Crippen LogP contribution in [0.5, 0.6) is 11.5 Å². The molecule has 0 N–H and O–H groups in total. The summed E-state index contributed by atoms with van der Waals surface area (Å²) in [5.41, 5.74) is 1.92. The molecule has 1 aliphatic rings. The Hall–Kier alpha value is -2.05. The number of carbonyl (C=O) groups excluding carboxylic acids is 1. The second-order valence-electron chi connectivity index (χ2n) is 5.54. The number of fused-ring (bicyclic) bond motifs is 1. The van der Waals surface area contributed by atoms with E-state index in [-0.39, 0.29) is 19.0 Å². The van der Waals surface area contributed by atoms with Gasteiger partial charge in [-0.05, 0) is 17.7 Å². The van der Waals surface area contributed by atoms with E-state index in [0.29, 0.717) is 37.9 Å². The van der Waals surface area contributed by atoms with Crippen molar-refractivity contribution in [2.75, 3.05) is 19.8 Å². The third kappa shape index (κ3) is 5.21. The van der Waals surface area contributed by atoms with Crippen LogP contribution in [0.25, 0.3) is 0 Å². The number of benzene rings is 2. The van der Waals surface area contributed by atoms with Gasteiger partial charge in [-0.25, -0.2) is 0 Å². The van der Waals surface area contributed by atoms with Gasteiger partial charge in [0.15, 0.2) is 11.5 Å². The van der Waals surface area contributed by atoms with E-state index in [1.807, 2.05) is 42.5 Å². The Morgan fingerprint density at radius 3 is 2.52 bits per heavy atom. The molecule has 0 saturated carbocycles. The summed E-state index contributed by atoms with van der Waals surface area (Å²) in [5.74, 6) is 1.07. The Morgan fingerprint density at radius 2 is 1.76 bits per heavy atom. The van der Waals surface area contributed by atoms with Crippen LogP contribution in [0.2, 0.25) is 0 Å². The SMILES string of the molecule is O=C(CCOCc1ccccc1)OCc1cc2c(cc1Br)OCCO2. The molecule has 0 atom stereocenters. The Balaban J connectivity index is 1.41. The van der Waals surface area contributed by atoms with E-state index < -0.39 is 0 Å². The van der Waals surface area contributed by atoms with Gasteiger partial charge in [0.1, 0.15) is 19.8 Å². The van der Waals surface area contributed by atoms with Crippen molar-refractivity contribution in [2.24, 2.45) is 0 Å². The summed E-state index contributed by atoms with van der Waals surface area (Å²) < 4.78 is 22.7. The molecule has 0 saturated heterocycles. The first-order chi connectivity index (χ1) is 12.2. The van der Waals surface area contributed by atoms with Crippen molar-refractivity contribution in [3.63, 3.8) is 0 Å². The molecule has 5 nitrogen and oxygen atoms in total. The molecule has 3 rings (SSSR count). The maximum atomic E-state index is 11.9. The van der Waals surface area contributed by atoms with Gasteiger partial charge in [-0.15, -0.1) is 0 Å². The van der Waals surface area contributed by atoms with Gasteiger partial charge in [-0.2, -0.15) is 0 Å². The van der Waals surface area contributed by atoms with Crippen molar-refractivity contribution in [2.45, 2.75) is 19.6 Å². The zero-order valence-corrected chi connectivity index (χ0v) is 15.3. The first-order valence-corrected chi connectivity index (χ1v) is 8.87. The Bertz CT molecular complexity index is 717. The molecule has 0 radical (unpaired) electrons. The number of ether oxygens (including phenoxy) is 4. The molecule has 0 fully saturated rings. The number of hydrogen-bond acceptors (Lipinski definition) is 5. The summed E-state index contributed by atoms with van der Waals surface area (Å²) >= 11 is 3.46. The molecule has 0 aromatic heterocycles. The lowest BCUT2D eigenvalue weighted by molar-refractivity contribution is -0.146. The fourth-order valence-corrected chi connectivity index (χ4v) is 2.80. The molecule has 2 aromatic carbocycles. The minimum atomic E-state index is -0.296. The van der Waals surface area contributed by atoms with Crippen molar-refractivity contribution < 1.29 is 23.7 Å². The predicted molar refractivity (Wildman–Crippen MR) is 95.6 cm³/mol. The molecule has 25 heavy (non-hydrogen) atoms. The summed E-state index contributed by atoms with van der Waals surface area (Å²) in [7, 11) is 0. The second-order valence-corrected chi connectivity index (χ2v) is 6.39. The molecule has 132 valence electrons. The number of halogens is 1. The maximum Gasteiger partial charge on any atom is 0.308 e. The van der Waals surface area contributed by atoms with Crippen molar-refractivity contribution in [1.29, 1.82) is 0 Å². The minimum absolute atomic E-state index is 0.175. The molecule has 6 heteroatoms. The summed E-state index contributed by atoms with van der Waals surface area (Å²) in [4.78, 5) is 11.9. The second kappa shape index (κ2) is 8.87. The summed E-state index contributed by atoms with van der Waals surface area (Å²) in [5, 5.41) is 0. The van der Waals surface area contributed by atoms with Crippen molar-refractivity contribution in [1.82, 2.24) is 0 Å². The van der Waals surface area contributed by atoms with Gasteiger partial charge < -0.3 is 18.9 Å². The standard InChI is InChI=1S/C19H19BrO5/c20-16-11-18-17(23-8-9-24-18)10-15(16)13-25-19(21)6-7-22-12-14-4-2-1-3-5-14/h1-5,10-11H,6-9,12-13H2.